The normalized spacial score (nSPS) is 19.7. The molecule has 4 nitrogen and oxygen atoms in total. The first-order valence-electron chi connectivity index (χ1n) is 7.41. The molecule has 0 aliphatic carbocycles. The van der Waals surface area contributed by atoms with Crippen molar-refractivity contribution in [1.29, 1.82) is 0 Å². The minimum absolute atomic E-state index is 0.0288. The lowest BCUT2D eigenvalue weighted by molar-refractivity contribution is -0.189. The zero-order valence-electron chi connectivity index (χ0n) is 12.5. The summed E-state index contributed by atoms with van der Waals surface area (Å²) in [6.07, 6.45) is 1.17. The van der Waals surface area contributed by atoms with Gasteiger partial charge in [-0.25, -0.2) is 0 Å². The maximum Gasteiger partial charge on any atom is 0.250 e. The molecule has 2 aliphatic rings. The van der Waals surface area contributed by atoms with E-state index in [9.17, 15) is 4.79 Å². The number of benzene rings is 1. The zero-order valence-corrected chi connectivity index (χ0v) is 12.5. The Morgan fingerprint density at radius 3 is 2.62 bits per heavy atom. The van der Waals surface area contributed by atoms with E-state index in [0.717, 1.165) is 25.3 Å². The molecule has 1 aromatic carbocycles. The zero-order chi connectivity index (χ0) is 14.9. The van der Waals surface area contributed by atoms with Crippen LogP contribution in [-0.4, -0.2) is 54.6 Å². The molecule has 0 saturated carbocycles. The Labute approximate surface area is 126 Å². The predicted molar refractivity (Wildman–Crippen MR) is 81.8 cm³/mol. The molecule has 112 valence electrons. The van der Waals surface area contributed by atoms with E-state index in [2.05, 4.69) is 11.5 Å². The lowest BCUT2D eigenvalue weighted by atomic mass is 9.82. The fourth-order valence-electron chi connectivity index (χ4n) is 2.99. The van der Waals surface area contributed by atoms with Gasteiger partial charge in [0.25, 0.3) is 5.91 Å². The van der Waals surface area contributed by atoms with Crippen molar-refractivity contribution in [2.45, 2.75) is 18.5 Å². The van der Waals surface area contributed by atoms with Crippen molar-refractivity contribution in [3.63, 3.8) is 0 Å². The molecule has 4 heteroatoms. The van der Waals surface area contributed by atoms with Crippen LogP contribution in [0.15, 0.2) is 42.5 Å². The van der Waals surface area contributed by atoms with Crippen LogP contribution < -0.4 is 0 Å². The molecule has 1 aromatic rings. The number of ether oxygens (including phenoxy) is 1. The van der Waals surface area contributed by atoms with Gasteiger partial charge in [-0.05, 0) is 12.0 Å². The van der Waals surface area contributed by atoms with Crippen molar-refractivity contribution in [3.8, 4) is 0 Å². The standard InChI is InChI=1S/C17H22N2O2/c1-14(10-19-9-8-17(19)12-21-13-17)16(20)18(2)11-15-6-4-3-5-7-15/h3-7H,1,8-13H2,2H3. The summed E-state index contributed by atoms with van der Waals surface area (Å²) >= 11 is 0. The summed E-state index contributed by atoms with van der Waals surface area (Å²) in [5.41, 5.74) is 2.01. The van der Waals surface area contributed by atoms with E-state index in [1.807, 2.05) is 37.4 Å². The van der Waals surface area contributed by atoms with Gasteiger partial charge in [-0.15, -0.1) is 0 Å². The molecule has 0 radical (unpaired) electrons. The lowest BCUT2D eigenvalue weighted by Crippen LogP contribution is -2.71. The highest BCUT2D eigenvalue weighted by Gasteiger charge is 2.50. The maximum atomic E-state index is 12.4. The summed E-state index contributed by atoms with van der Waals surface area (Å²) in [5.74, 6) is 0.0288. The molecule has 0 atom stereocenters. The molecule has 1 spiro atoms. The summed E-state index contributed by atoms with van der Waals surface area (Å²) in [6.45, 7) is 7.90. The molecule has 21 heavy (non-hydrogen) atoms. The molecule has 2 aliphatic heterocycles. The molecule has 0 N–H and O–H groups in total. The van der Waals surface area contributed by atoms with Gasteiger partial charge in [0.1, 0.15) is 0 Å². The summed E-state index contributed by atoms with van der Waals surface area (Å²) in [6, 6.07) is 10.0. The first-order valence-corrected chi connectivity index (χ1v) is 7.41. The third kappa shape index (κ3) is 2.74. The highest BCUT2D eigenvalue weighted by Crippen LogP contribution is 2.37. The Balaban J connectivity index is 1.53. The van der Waals surface area contributed by atoms with Crippen LogP contribution in [0.1, 0.15) is 12.0 Å². The fourth-order valence-corrected chi connectivity index (χ4v) is 2.99. The Morgan fingerprint density at radius 2 is 2.10 bits per heavy atom. The number of carbonyl (C=O) groups is 1. The smallest absolute Gasteiger partial charge is 0.250 e. The molecule has 2 heterocycles. The molecule has 1 amide bonds. The second kappa shape index (κ2) is 5.62. The third-order valence-electron chi connectivity index (χ3n) is 4.55. The monoisotopic (exact) mass is 286 g/mol. The van der Waals surface area contributed by atoms with E-state index < -0.39 is 0 Å². The number of likely N-dealkylation sites (N-methyl/N-ethyl adjacent to an activating group) is 1. The van der Waals surface area contributed by atoms with Crippen LogP contribution in [0.25, 0.3) is 0 Å². The Hall–Kier alpha value is -1.65. The van der Waals surface area contributed by atoms with Crippen molar-refractivity contribution in [2.75, 3.05) is 33.4 Å². The van der Waals surface area contributed by atoms with E-state index >= 15 is 0 Å². The van der Waals surface area contributed by atoms with Crippen molar-refractivity contribution >= 4 is 5.91 Å². The summed E-state index contributed by atoms with van der Waals surface area (Å²) < 4.78 is 5.31. The Kier molecular flexibility index (Phi) is 3.83. The van der Waals surface area contributed by atoms with Crippen LogP contribution in [0.3, 0.4) is 0 Å². The Morgan fingerprint density at radius 1 is 1.38 bits per heavy atom. The molecule has 0 bridgehead atoms. The lowest BCUT2D eigenvalue weighted by Gasteiger charge is -2.57. The van der Waals surface area contributed by atoms with Crippen molar-refractivity contribution in [2.24, 2.45) is 0 Å². The highest BCUT2D eigenvalue weighted by molar-refractivity contribution is 5.93. The maximum absolute atomic E-state index is 12.4. The van der Waals surface area contributed by atoms with E-state index in [1.54, 1.807) is 4.90 Å². The first-order chi connectivity index (χ1) is 10.1. The predicted octanol–water partition coefficient (Wildman–Crippen LogP) is 1.68. The summed E-state index contributed by atoms with van der Waals surface area (Å²) in [5, 5.41) is 0. The van der Waals surface area contributed by atoms with Gasteiger partial charge in [0.15, 0.2) is 0 Å². The van der Waals surface area contributed by atoms with Gasteiger partial charge in [0.2, 0.25) is 0 Å². The van der Waals surface area contributed by atoms with Gasteiger partial charge in [0, 0.05) is 32.3 Å². The summed E-state index contributed by atoms with van der Waals surface area (Å²) in [7, 11) is 1.83. The van der Waals surface area contributed by atoms with E-state index in [0.29, 0.717) is 18.7 Å². The van der Waals surface area contributed by atoms with Gasteiger partial charge in [-0.2, -0.15) is 0 Å². The molecular weight excluding hydrogens is 264 g/mol. The number of hydrogen-bond acceptors (Lipinski definition) is 3. The van der Waals surface area contributed by atoms with Gasteiger partial charge in [0.05, 0.1) is 18.8 Å². The van der Waals surface area contributed by atoms with Crippen LogP contribution in [0.5, 0.6) is 0 Å². The van der Waals surface area contributed by atoms with E-state index in [4.69, 9.17) is 4.74 Å². The van der Waals surface area contributed by atoms with E-state index in [1.165, 1.54) is 6.42 Å². The number of hydrogen-bond donors (Lipinski definition) is 0. The fraction of sp³-hybridized carbons (Fsp3) is 0.471. The summed E-state index contributed by atoms with van der Waals surface area (Å²) in [4.78, 5) is 16.5. The quantitative estimate of drug-likeness (QED) is 0.772. The number of rotatable bonds is 5. The molecule has 2 saturated heterocycles. The highest BCUT2D eigenvalue weighted by atomic mass is 16.5. The van der Waals surface area contributed by atoms with Crippen LogP contribution >= 0.6 is 0 Å². The van der Waals surface area contributed by atoms with Crippen molar-refractivity contribution in [3.05, 3.63) is 48.0 Å². The topological polar surface area (TPSA) is 32.8 Å². The largest absolute Gasteiger partial charge is 0.377 e. The Bertz CT molecular complexity index is 531. The van der Waals surface area contributed by atoms with Gasteiger partial charge < -0.3 is 9.64 Å². The van der Waals surface area contributed by atoms with Crippen molar-refractivity contribution < 1.29 is 9.53 Å². The molecule has 0 unspecified atom stereocenters. The third-order valence-corrected chi connectivity index (χ3v) is 4.55. The average molecular weight is 286 g/mol. The minimum atomic E-state index is 0.0288. The molecule has 0 aromatic heterocycles. The van der Waals surface area contributed by atoms with Crippen LogP contribution in [-0.2, 0) is 16.1 Å². The number of carbonyl (C=O) groups excluding carboxylic acids is 1. The first kappa shape index (κ1) is 14.3. The minimum Gasteiger partial charge on any atom is -0.377 e. The second-order valence-corrected chi connectivity index (χ2v) is 6.14. The average Bonchev–Trinajstić information content (AvgIpc) is 2.42. The van der Waals surface area contributed by atoms with Gasteiger partial charge >= 0.3 is 0 Å². The second-order valence-electron chi connectivity index (χ2n) is 6.14. The van der Waals surface area contributed by atoms with Crippen molar-refractivity contribution in [1.82, 2.24) is 9.80 Å². The van der Waals surface area contributed by atoms with Crippen LogP contribution in [0.2, 0.25) is 0 Å². The molecular formula is C17H22N2O2. The molecule has 2 fully saturated rings. The SMILES string of the molecule is C=C(CN1CCC12COC2)C(=O)N(C)Cc1ccccc1. The number of nitrogens with zero attached hydrogens (tertiary/aromatic N) is 2. The van der Waals surface area contributed by atoms with Gasteiger partial charge in [-0.1, -0.05) is 36.9 Å². The molecule has 3 rings (SSSR count). The number of amides is 1. The van der Waals surface area contributed by atoms with Gasteiger partial charge in [-0.3, -0.25) is 9.69 Å². The van der Waals surface area contributed by atoms with E-state index in [-0.39, 0.29) is 11.4 Å². The van der Waals surface area contributed by atoms with Crippen LogP contribution in [0, 0.1) is 0 Å². The number of likely N-dealkylation sites (tertiary alicyclic amines) is 1. The van der Waals surface area contributed by atoms with Crippen LogP contribution in [0.4, 0.5) is 0 Å².